The van der Waals surface area contributed by atoms with Crippen LogP contribution in [0.1, 0.15) is 13.8 Å². The van der Waals surface area contributed by atoms with Crippen molar-refractivity contribution in [2.24, 2.45) is 0 Å². The zero-order chi connectivity index (χ0) is 15.0. The van der Waals surface area contributed by atoms with Crippen molar-refractivity contribution in [2.45, 2.75) is 18.6 Å². The topological polar surface area (TPSA) is 85.1 Å². The molecule has 1 aromatic heterocycles. The van der Waals surface area contributed by atoms with E-state index in [0.717, 1.165) is 16.6 Å². The van der Waals surface area contributed by atoms with Crippen LogP contribution < -0.4 is 11.1 Å². The van der Waals surface area contributed by atoms with Gasteiger partial charge in [0.1, 0.15) is 0 Å². The van der Waals surface area contributed by atoms with Gasteiger partial charge in [-0.1, -0.05) is 0 Å². The number of pyridine rings is 1. The Balaban J connectivity index is 2.32. The second kappa shape index (κ2) is 4.94. The number of nitrogens with one attached hydrogen (secondary N) is 1. The summed E-state index contributed by atoms with van der Waals surface area (Å²) in [6.45, 7) is 3.74. The molecule has 0 bridgehead atoms. The lowest BCUT2D eigenvalue weighted by molar-refractivity contribution is 0.560. The number of anilines is 2. The Morgan fingerprint density at radius 1 is 1.30 bits per heavy atom. The zero-order valence-corrected chi connectivity index (χ0v) is 12.7. The Hall–Kier alpha value is -1.82. The second-order valence-electron chi connectivity index (χ2n) is 5.52. The molecule has 1 heterocycles. The van der Waals surface area contributed by atoms with Crippen LogP contribution in [0.4, 0.5) is 11.4 Å². The van der Waals surface area contributed by atoms with E-state index in [-0.39, 0.29) is 0 Å². The normalized spacial score (nSPS) is 12.6. The third-order valence-corrected chi connectivity index (χ3v) is 5.63. The van der Waals surface area contributed by atoms with Gasteiger partial charge in [0.05, 0.1) is 10.3 Å². The largest absolute Gasteiger partial charge is 0.399 e. The number of nitrogens with two attached hydrogens (primary N) is 1. The Morgan fingerprint density at radius 3 is 2.65 bits per heavy atom. The molecule has 0 aliphatic heterocycles. The number of rotatable bonds is 4. The minimum absolute atomic E-state index is 0.329. The van der Waals surface area contributed by atoms with Crippen molar-refractivity contribution in [2.75, 3.05) is 23.9 Å². The monoisotopic (exact) mass is 293 g/mol. The van der Waals surface area contributed by atoms with Crippen molar-refractivity contribution in [3.63, 3.8) is 0 Å². The number of fused-ring (bicyclic) bond motifs is 1. The van der Waals surface area contributed by atoms with Crippen LogP contribution in [0.25, 0.3) is 10.9 Å². The van der Waals surface area contributed by atoms with E-state index in [0.29, 0.717) is 12.2 Å². The van der Waals surface area contributed by atoms with Crippen molar-refractivity contribution < 1.29 is 8.42 Å². The Morgan fingerprint density at radius 2 is 2.00 bits per heavy atom. The molecule has 0 radical (unpaired) electrons. The summed E-state index contributed by atoms with van der Waals surface area (Å²) >= 11 is 0. The van der Waals surface area contributed by atoms with Crippen LogP contribution in [-0.2, 0) is 9.84 Å². The van der Waals surface area contributed by atoms with Gasteiger partial charge in [-0.2, -0.15) is 0 Å². The molecule has 0 atom stereocenters. The lowest BCUT2D eigenvalue weighted by Crippen LogP contribution is -2.38. The van der Waals surface area contributed by atoms with Gasteiger partial charge < -0.3 is 11.1 Å². The number of benzene rings is 1. The number of nitrogen functional groups attached to an aromatic ring is 1. The molecule has 0 saturated carbocycles. The number of hydrogen-bond acceptors (Lipinski definition) is 5. The molecule has 0 amide bonds. The summed E-state index contributed by atoms with van der Waals surface area (Å²) in [6, 6.07) is 7.31. The highest BCUT2D eigenvalue weighted by molar-refractivity contribution is 7.92. The summed E-state index contributed by atoms with van der Waals surface area (Å²) in [4.78, 5) is 4.26. The van der Waals surface area contributed by atoms with E-state index in [9.17, 15) is 8.42 Å². The fourth-order valence-electron chi connectivity index (χ4n) is 1.76. The van der Waals surface area contributed by atoms with Gasteiger partial charge in [-0.3, -0.25) is 4.98 Å². The summed E-state index contributed by atoms with van der Waals surface area (Å²) in [6.07, 6.45) is 2.93. The van der Waals surface area contributed by atoms with Crippen LogP contribution >= 0.6 is 0 Å². The van der Waals surface area contributed by atoms with Crippen LogP contribution in [0.2, 0.25) is 0 Å². The molecule has 1 aromatic carbocycles. The average Bonchev–Trinajstić information content (AvgIpc) is 2.34. The fraction of sp³-hybridized carbons (Fsp3) is 0.357. The van der Waals surface area contributed by atoms with Crippen molar-refractivity contribution in [3.8, 4) is 0 Å². The summed E-state index contributed by atoms with van der Waals surface area (Å²) in [5.74, 6) is 0. The van der Waals surface area contributed by atoms with Crippen LogP contribution in [0, 0.1) is 0 Å². The van der Waals surface area contributed by atoms with Gasteiger partial charge >= 0.3 is 0 Å². The van der Waals surface area contributed by atoms with Gasteiger partial charge in [-0.25, -0.2) is 8.42 Å². The van der Waals surface area contributed by atoms with Crippen LogP contribution in [0.3, 0.4) is 0 Å². The van der Waals surface area contributed by atoms with Crippen LogP contribution in [0.5, 0.6) is 0 Å². The van der Waals surface area contributed by atoms with Gasteiger partial charge in [0.25, 0.3) is 0 Å². The molecule has 0 fully saturated rings. The molecule has 0 spiro atoms. The first-order valence-electron chi connectivity index (χ1n) is 6.28. The van der Waals surface area contributed by atoms with Crippen molar-refractivity contribution in [1.29, 1.82) is 0 Å². The van der Waals surface area contributed by atoms with E-state index in [1.54, 1.807) is 32.2 Å². The molecule has 0 aliphatic carbocycles. The SMILES string of the molecule is CC(C)(CNc1ccnc2cc(N)ccc12)S(C)(=O)=O. The fourth-order valence-corrected chi connectivity index (χ4v) is 2.09. The number of sulfone groups is 1. The predicted octanol–water partition coefficient (Wildman–Crippen LogP) is 2.05. The highest BCUT2D eigenvalue weighted by atomic mass is 32.2. The molecule has 3 N–H and O–H groups in total. The van der Waals surface area contributed by atoms with Gasteiger partial charge in [-0.05, 0) is 38.1 Å². The first kappa shape index (κ1) is 14.6. The number of hydrogen-bond donors (Lipinski definition) is 2. The third kappa shape index (κ3) is 2.85. The molecule has 0 saturated heterocycles. The minimum atomic E-state index is -3.13. The van der Waals surface area contributed by atoms with Crippen molar-refractivity contribution >= 4 is 32.1 Å². The highest BCUT2D eigenvalue weighted by Crippen LogP contribution is 2.24. The molecule has 0 aliphatic rings. The lowest BCUT2D eigenvalue weighted by Gasteiger charge is -2.23. The molecule has 108 valence electrons. The van der Waals surface area contributed by atoms with E-state index < -0.39 is 14.6 Å². The summed E-state index contributed by atoms with van der Waals surface area (Å²) < 4.78 is 22.6. The molecular formula is C14H19N3O2S. The standard InChI is InChI=1S/C14H19N3O2S/c1-14(2,20(3,18)19)9-17-12-6-7-16-13-8-10(15)4-5-11(12)13/h4-8H,9,15H2,1-3H3,(H,16,17). The minimum Gasteiger partial charge on any atom is -0.399 e. The first-order valence-corrected chi connectivity index (χ1v) is 8.17. The van der Waals surface area contributed by atoms with Crippen molar-refractivity contribution in [3.05, 3.63) is 30.5 Å². The first-order chi connectivity index (χ1) is 9.21. The molecule has 6 heteroatoms. The Bertz CT molecular complexity index is 739. The summed E-state index contributed by atoms with van der Waals surface area (Å²) in [7, 11) is -3.13. The van der Waals surface area contributed by atoms with Gasteiger partial charge in [0, 0.05) is 35.8 Å². The van der Waals surface area contributed by atoms with Gasteiger partial charge in [0.2, 0.25) is 0 Å². The smallest absolute Gasteiger partial charge is 0.154 e. The Labute approximate surface area is 119 Å². The molecule has 0 unspecified atom stereocenters. The lowest BCUT2D eigenvalue weighted by atomic mass is 10.1. The maximum absolute atomic E-state index is 11.7. The Kier molecular flexibility index (Phi) is 3.60. The molecule has 20 heavy (non-hydrogen) atoms. The van der Waals surface area contributed by atoms with E-state index in [1.165, 1.54) is 6.26 Å². The number of nitrogens with zero attached hydrogens (tertiary/aromatic N) is 1. The van der Waals surface area contributed by atoms with E-state index in [1.807, 2.05) is 12.1 Å². The molecular weight excluding hydrogens is 274 g/mol. The maximum Gasteiger partial charge on any atom is 0.154 e. The molecule has 5 nitrogen and oxygen atoms in total. The highest BCUT2D eigenvalue weighted by Gasteiger charge is 2.29. The molecule has 2 rings (SSSR count). The van der Waals surface area contributed by atoms with Gasteiger partial charge in [-0.15, -0.1) is 0 Å². The van der Waals surface area contributed by atoms with E-state index >= 15 is 0 Å². The second-order valence-corrected chi connectivity index (χ2v) is 8.17. The van der Waals surface area contributed by atoms with Crippen LogP contribution in [0.15, 0.2) is 30.5 Å². The third-order valence-electron chi connectivity index (χ3n) is 3.48. The molecule has 2 aromatic rings. The number of aromatic nitrogens is 1. The average molecular weight is 293 g/mol. The predicted molar refractivity (Wildman–Crippen MR) is 83.6 cm³/mol. The summed E-state index contributed by atoms with van der Waals surface area (Å²) in [5.41, 5.74) is 8.02. The zero-order valence-electron chi connectivity index (χ0n) is 11.8. The summed E-state index contributed by atoms with van der Waals surface area (Å²) in [5, 5.41) is 4.12. The van der Waals surface area contributed by atoms with Gasteiger partial charge in [0.15, 0.2) is 9.84 Å². The van der Waals surface area contributed by atoms with E-state index in [2.05, 4.69) is 10.3 Å². The maximum atomic E-state index is 11.7. The van der Waals surface area contributed by atoms with E-state index in [4.69, 9.17) is 5.73 Å². The van der Waals surface area contributed by atoms with Crippen LogP contribution in [-0.4, -0.2) is 30.9 Å². The van der Waals surface area contributed by atoms with Crippen molar-refractivity contribution in [1.82, 2.24) is 4.98 Å². The quantitative estimate of drug-likeness (QED) is 0.843.